The van der Waals surface area contributed by atoms with E-state index < -0.39 is 11.7 Å². The molecule has 2 aliphatic heterocycles. The van der Waals surface area contributed by atoms with Gasteiger partial charge in [-0.05, 0) is 36.6 Å². The fraction of sp³-hybridized carbons (Fsp3) is 0.318. The Morgan fingerprint density at radius 3 is 2.59 bits per heavy atom. The third-order valence-corrected chi connectivity index (χ3v) is 6.16. The number of piperidine rings is 1. The summed E-state index contributed by atoms with van der Waals surface area (Å²) in [7, 11) is 0. The van der Waals surface area contributed by atoms with Crippen LogP contribution >= 0.6 is 0 Å². The van der Waals surface area contributed by atoms with Gasteiger partial charge < -0.3 is 9.88 Å². The number of carbonyl (C=O) groups is 1. The summed E-state index contributed by atoms with van der Waals surface area (Å²) in [4.78, 5) is 29.2. The molecule has 1 saturated heterocycles. The van der Waals surface area contributed by atoms with Crippen LogP contribution in [0.5, 0.6) is 0 Å². The van der Waals surface area contributed by atoms with E-state index in [1.54, 1.807) is 4.90 Å². The monoisotopic (exact) mass is 443 g/mol. The molecule has 3 heterocycles. The molecule has 0 radical (unpaired) electrons. The summed E-state index contributed by atoms with van der Waals surface area (Å²) in [5.41, 5.74) is 1.41. The van der Waals surface area contributed by atoms with Crippen LogP contribution in [-0.4, -0.2) is 40.0 Å². The molecule has 10 heteroatoms. The number of anilines is 2. The van der Waals surface area contributed by atoms with Crippen molar-refractivity contribution in [3.63, 3.8) is 0 Å². The van der Waals surface area contributed by atoms with Gasteiger partial charge in [-0.2, -0.15) is 18.3 Å². The summed E-state index contributed by atoms with van der Waals surface area (Å²) in [5, 5.41) is 6.33. The first-order chi connectivity index (χ1) is 15.4. The Morgan fingerprint density at radius 2 is 1.88 bits per heavy atom. The van der Waals surface area contributed by atoms with E-state index in [9.17, 15) is 22.9 Å². The molecule has 0 bridgehead atoms. The highest BCUT2D eigenvalue weighted by Gasteiger charge is 2.48. The minimum absolute atomic E-state index is 0.0202. The summed E-state index contributed by atoms with van der Waals surface area (Å²) < 4.78 is 39.8. The molecule has 2 aliphatic rings. The van der Waals surface area contributed by atoms with Crippen LogP contribution in [0, 0.1) is 4.91 Å². The second-order valence-electron chi connectivity index (χ2n) is 8.03. The Labute approximate surface area is 181 Å². The number of nitrogens with zero attached hydrogens (tertiary/aromatic N) is 4. The van der Waals surface area contributed by atoms with Crippen LogP contribution in [0.15, 0.2) is 53.9 Å². The predicted molar refractivity (Wildman–Crippen MR) is 113 cm³/mol. The Hall–Kier alpha value is -3.56. The number of aromatic amines is 1. The lowest BCUT2D eigenvalue weighted by molar-refractivity contribution is -0.137. The minimum atomic E-state index is -4.51. The molecule has 2 aromatic carbocycles. The van der Waals surface area contributed by atoms with Crippen LogP contribution < -0.4 is 5.01 Å². The van der Waals surface area contributed by atoms with Gasteiger partial charge in [0, 0.05) is 30.2 Å². The summed E-state index contributed by atoms with van der Waals surface area (Å²) in [6, 6.07) is 11.2. The zero-order valence-electron chi connectivity index (χ0n) is 17.0. The molecule has 32 heavy (non-hydrogen) atoms. The van der Waals surface area contributed by atoms with Gasteiger partial charge in [0.25, 0.3) is 0 Å². The van der Waals surface area contributed by atoms with E-state index in [1.165, 1.54) is 17.1 Å². The largest absolute Gasteiger partial charge is 0.418 e. The fourth-order valence-corrected chi connectivity index (χ4v) is 4.49. The number of carbonyl (C=O) groups excluding carboxylic acids is 1. The first-order valence-corrected chi connectivity index (χ1v) is 10.3. The molecular formula is C22H20F3N5O2. The van der Waals surface area contributed by atoms with Gasteiger partial charge in [0.15, 0.2) is 0 Å². The van der Waals surface area contributed by atoms with E-state index in [1.807, 2.05) is 30.5 Å². The van der Waals surface area contributed by atoms with Gasteiger partial charge in [0.1, 0.15) is 5.69 Å². The smallest absolute Gasteiger partial charge is 0.361 e. The van der Waals surface area contributed by atoms with Crippen LogP contribution in [0.25, 0.3) is 10.9 Å². The lowest BCUT2D eigenvalue weighted by Gasteiger charge is -2.36. The summed E-state index contributed by atoms with van der Waals surface area (Å²) in [5.74, 6) is -0.0202. The number of para-hydroxylation sites is 2. The van der Waals surface area contributed by atoms with Crippen LogP contribution in [-0.2, 0) is 17.4 Å². The number of alkyl halides is 3. The third kappa shape index (κ3) is 3.45. The average molecular weight is 443 g/mol. The summed E-state index contributed by atoms with van der Waals surface area (Å²) >= 11 is 0. The molecule has 0 atom stereocenters. The molecule has 166 valence electrons. The molecule has 0 aliphatic carbocycles. The second kappa shape index (κ2) is 7.54. The molecule has 7 nitrogen and oxygen atoms in total. The molecule has 0 spiro atoms. The van der Waals surface area contributed by atoms with Crippen molar-refractivity contribution in [2.24, 2.45) is 5.29 Å². The Balaban J connectivity index is 1.23. The fourth-order valence-electron chi connectivity index (χ4n) is 4.49. The average Bonchev–Trinajstić information content (AvgIpc) is 3.37. The van der Waals surface area contributed by atoms with E-state index in [-0.39, 0.29) is 24.1 Å². The Morgan fingerprint density at radius 1 is 1.12 bits per heavy atom. The molecule has 5 rings (SSSR count). The highest BCUT2D eigenvalue weighted by molar-refractivity contribution is 5.94. The van der Waals surface area contributed by atoms with Gasteiger partial charge in [-0.1, -0.05) is 24.3 Å². The van der Waals surface area contributed by atoms with Crippen LogP contribution in [0.2, 0.25) is 0 Å². The van der Waals surface area contributed by atoms with E-state index in [0.29, 0.717) is 31.6 Å². The number of likely N-dealkylation sites (tertiary alicyclic amines) is 1. The van der Waals surface area contributed by atoms with Crippen molar-refractivity contribution in [3.8, 4) is 0 Å². The number of rotatable bonds is 5. The molecule has 1 N–H and O–H groups in total. The van der Waals surface area contributed by atoms with E-state index in [2.05, 4.69) is 10.3 Å². The maximum atomic E-state index is 13.3. The molecule has 1 aromatic heterocycles. The molecule has 1 fully saturated rings. The Bertz CT molecular complexity index is 1180. The number of nitrogens with one attached hydrogen (secondary N) is 1. The number of hydrazine groups is 1. The molecular weight excluding hydrogens is 423 g/mol. The van der Waals surface area contributed by atoms with Crippen molar-refractivity contribution < 1.29 is 18.0 Å². The summed E-state index contributed by atoms with van der Waals surface area (Å²) in [6.45, 7) is 0.822. The number of hydrogen-bond donors (Lipinski definition) is 1. The number of halogens is 3. The SMILES string of the molecule is O=NN(C1CCN(C(=O)Cc2c[nH]c3ccccc23)CC1)N1c2cccc(C(F)(F)F)c21. The van der Waals surface area contributed by atoms with Crippen molar-refractivity contribution >= 4 is 28.2 Å². The number of H-pyrrole nitrogens is 1. The van der Waals surface area contributed by atoms with Gasteiger partial charge in [0.2, 0.25) is 5.91 Å². The number of aromatic nitrogens is 1. The van der Waals surface area contributed by atoms with E-state index in [0.717, 1.165) is 27.7 Å². The van der Waals surface area contributed by atoms with Gasteiger partial charge in [-0.3, -0.25) is 4.79 Å². The number of hydrogen-bond acceptors (Lipinski definition) is 4. The first-order valence-electron chi connectivity index (χ1n) is 10.3. The molecule has 1 amide bonds. The normalized spacial score (nSPS) is 16.2. The highest BCUT2D eigenvalue weighted by atomic mass is 19.4. The van der Waals surface area contributed by atoms with Crippen molar-refractivity contribution in [1.29, 1.82) is 0 Å². The zero-order chi connectivity index (χ0) is 22.5. The van der Waals surface area contributed by atoms with E-state index in [4.69, 9.17) is 0 Å². The van der Waals surface area contributed by atoms with Crippen molar-refractivity contribution in [3.05, 3.63) is 64.7 Å². The summed E-state index contributed by atoms with van der Waals surface area (Å²) in [6.07, 6.45) is -1.53. The molecule has 0 unspecified atom stereocenters. The number of fused-ring (bicyclic) bond motifs is 2. The lowest BCUT2D eigenvalue weighted by atomic mass is 10.0. The zero-order valence-corrected chi connectivity index (χ0v) is 17.0. The highest BCUT2D eigenvalue weighted by Crippen LogP contribution is 2.56. The number of benzene rings is 2. The maximum Gasteiger partial charge on any atom is 0.418 e. The maximum absolute atomic E-state index is 13.3. The van der Waals surface area contributed by atoms with Gasteiger partial charge >= 0.3 is 6.18 Å². The standard InChI is InChI=1S/C22H20F3N5O2/c23-22(24,25)17-5-3-7-19-21(17)29(19)30(27-32)15-8-10-28(11-9-15)20(31)12-14-13-26-18-6-2-1-4-16(14)18/h1-7,13,15,26H,8-12H2. The van der Waals surface area contributed by atoms with Crippen LogP contribution in [0.4, 0.5) is 24.5 Å². The second-order valence-corrected chi connectivity index (χ2v) is 8.03. The third-order valence-electron chi connectivity index (χ3n) is 6.16. The minimum Gasteiger partial charge on any atom is -0.361 e. The van der Waals surface area contributed by atoms with Crippen molar-refractivity contribution in [1.82, 2.24) is 15.0 Å². The number of nitroso groups, excluding NO2 is 1. The van der Waals surface area contributed by atoms with E-state index >= 15 is 0 Å². The van der Waals surface area contributed by atoms with Gasteiger partial charge in [0.05, 0.1) is 29.0 Å². The molecule has 3 aromatic rings. The Kier molecular flexibility index (Phi) is 4.79. The quantitative estimate of drug-likeness (QED) is 0.350. The first kappa shape index (κ1) is 20.3. The van der Waals surface area contributed by atoms with Crippen LogP contribution in [0.3, 0.4) is 0 Å². The van der Waals surface area contributed by atoms with Gasteiger partial charge in [-0.25, -0.2) is 5.01 Å². The lowest BCUT2D eigenvalue weighted by Crippen LogP contribution is -2.47. The van der Waals surface area contributed by atoms with Gasteiger partial charge in [-0.15, -0.1) is 4.91 Å². The van der Waals surface area contributed by atoms with Crippen molar-refractivity contribution in [2.45, 2.75) is 31.5 Å². The molecule has 0 saturated carbocycles. The van der Waals surface area contributed by atoms with Crippen LogP contribution in [0.1, 0.15) is 24.0 Å². The number of amides is 1. The van der Waals surface area contributed by atoms with Crippen molar-refractivity contribution in [2.75, 3.05) is 18.1 Å². The predicted octanol–water partition coefficient (Wildman–Crippen LogP) is 4.77. The topological polar surface area (TPSA) is 71.8 Å².